The zero-order valence-corrected chi connectivity index (χ0v) is 13.6. The van der Waals surface area contributed by atoms with Gasteiger partial charge in [0.2, 0.25) is 0 Å². The maximum Gasteiger partial charge on any atom is 0.256 e. The molecule has 0 aromatic carbocycles. The molecule has 0 aromatic rings. The average Bonchev–Trinajstić information content (AvgIpc) is 2.04. The Morgan fingerprint density at radius 2 is 1.07 bits per heavy atom. The predicted molar refractivity (Wildman–Crippen MR) is 74.4 cm³/mol. The van der Waals surface area contributed by atoms with Gasteiger partial charge in [0.1, 0.15) is 0 Å². The number of hydrogen-bond acceptors (Lipinski definition) is 0. The molecule has 0 bridgehead atoms. The fourth-order valence-electron chi connectivity index (χ4n) is 1.82. The second kappa shape index (κ2) is 6.79. The fourth-order valence-corrected chi connectivity index (χ4v) is 17.8. The van der Waals surface area contributed by atoms with Crippen LogP contribution in [0.5, 0.6) is 0 Å². The first-order chi connectivity index (χ1) is 6.43. The summed E-state index contributed by atoms with van der Waals surface area (Å²) in [6.45, 7) is 4.62. The SMILES string of the molecule is CCC[Si](Cl)(Cl)[Si](Cl)(CCC)CCC. The minimum Gasteiger partial charge on any atom is -0.167 e. The third-order valence-corrected chi connectivity index (χ3v) is 27.1. The lowest BCUT2D eigenvalue weighted by Crippen LogP contribution is -2.51. The van der Waals surface area contributed by atoms with E-state index in [4.69, 9.17) is 33.2 Å². The molecule has 0 aromatic heterocycles. The van der Waals surface area contributed by atoms with Gasteiger partial charge in [0.05, 0.1) is 0 Å². The van der Waals surface area contributed by atoms with E-state index >= 15 is 0 Å². The monoisotopic (exact) mass is 290 g/mol. The Morgan fingerprint density at radius 1 is 0.714 bits per heavy atom. The van der Waals surface area contributed by atoms with Crippen LogP contribution in [-0.4, -0.2) is 13.1 Å². The second-order valence-electron chi connectivity index (χ2n) is 3.92. The van der Waals surface area contributed by atoms with E-state index < -0.39 is 13.1 Å². The van der Waals surface area contributed by atoms with E-state index in [-0.39, 0.29) is 0 Å². The van der Waals surface area contributed by atoms with Gasteiger partial charge in [-0.3, -0.25) is 0 Å². The molecule has 5 heteroatoms. The van der Waals surface area contributed by atoms with Crippen molar-refractivity contribution in [2.75, 3.05) is 0 Å². The first-order valence-electron chi connectivity index (χ1n) is 5.50. The van der Waals surface area contributed by atoms with Gasteiger partial charge in [-0.05, 0) is 18.1 Å². The van der Waals surface area contributed by atoms with E-state index in [1.165, 1.54) is 0 Å². The molecule has 0 radical (unpaired) electrons. The topological polar surface area (TPSA) is 0 Å². The van der Waals surface area contributed by atoms with Gasteiger partial charge in [0, 0.05) is 0 Å². The highest BCUT2D eigenvalue weighted by Gasteiger charge is 2.51. The van der Waals surface area contributed by atoms with Crippen LogP contribution in [-0.2, 0) is 0 Å². The van der Waals surface area contributed by atoms with Gasteiger partial charge in [0.15, 0.2) is 6.90 Å². The molecule has 0 fully saturated rings. The summed E-state index contributed by atoms with van der Waals surface area (Å²) in [6.07, 6.45) is 1.15. The van der Waals surface area contributed by atoms with Crippen LogP contribution in [0.1, 0.15) is 40.0 Å². The molecule has 0 saturated heterocycles. The van der Waals surface area contributed by atoms with Crippen LogP contribution in [0.25, 0.3) is 0 Å². The number of rotatable bonds is 7. The summed E-state index contributed by atoms with van der Waals surface area (Å²) in [5, 5.41) is 0. The smallest absolute Gasteiger partial charge is 0.167 e. The predicted octanol–water partition coefficient (Wildman–Crippen LogP) is 5.40. The van der Waals surface area contributed by atoms with Gasteiger partial charge in [-0.25, -0.2) is 0 Å². The summed E-state index contributed by atoms with van der Waals surface area (Å²) < 4.78 is 0. The van der Waals surface area contributed by atoms with Crippen molar-refractivity contribution in [1.82, 2.24) is 0 Å². The molecule has 0 heterocycles. The molecule has 0 unspecified atom stereocenters. The Bertz CT molecular complexity index is 156. The third-order valence-electron chi connectivity index (χ3n) is 2.51. The van der Waals surface area contributed by atoms with Crippen molar-refractivity contribution in [3.8, 4) is 0 Å². The molecule has 0 aliphatic heterocycles. The van der Waals surface area contributed by atoms with Gasteiger partial charge < -0.3 is 0 Å². The Labute approximate surface area is 104 Å². The average molecular weight is 292 g/mol. The molecule has 0 spiro atoms. The van der Waals surface area contributed by atoms with Crippen LogP contribution in [0.4, 0.5) is 0 Å². The molecule has 14 heavy (non-hydrogen) atoms. The summed E-state index contributed by atoms with van der Waals surface area (Å²) in [7, 11) is 0. The van der Waals surface area contributed by atoms with E-state index in [0.717, 1.165) is 37.4 Å². The summed E-state index contributed by atoms with van der Waals surface area (Å²) in [6, 6.07) is 3.13. The quantitative estimate of drug-likeness (QED) is 0.435. The summed E-state index contributed by atoms with van der Waals surface area (Å²) in [5.41, 5.74) is 0. The zero-order valence-electron chi connectivity index (χ0n) is 9.38. The highest BCUT2D eigenvalue weighted by atomic mass is 35.7. The summed E-state index contributed by atoms with van der Waals surface area (Å²) in [5.74, 6) is 0. The van der Waals surface area contributed by atoms with Crippen LogP contribution >= 0.6 is 33.2 Å². The molecular formula is C9H21Cl3Si2. The first kappa shape index (κ1) is 15.3. The van der Waals surface area contributed by atoms with Crippen LogP contribution in [0.2, 0.25) is 18.1 Å². The Hall–Kier alpha value is 1.30. The first-order valence-corrected chi connectivity index (χ1v) is 14.2. The Morgan fingerprint density at radius 3 is 1.36 bits per heavy atom. The normalized spacial score (nSPS) is 13.3. The molecule has 0 atom stereocenters. The molecule has 0 aliphatic carbocycles. The van der Waals surface area contributed by atoms with Crippen molar-refractivity contribution >= 4 is 46.3 Å². The second-order valence-corrected chi connectivity index (χ2v) is 23.7. The van der Waals surface area contributed by atoms with Crippen LogP contribution < -0.4 is 0 Å². The molecule has 0 N–H and O–H groups in total. The molecule has 0 nitrogen and oxygen atoms in total. The lowest BCUT2D eigenvalue weighted by atomic mass is 10.6. The van der Waals surface area contributed by atoms with Crippen molar-refractivity contribution in [2.45, 2.75) is 58.2 Å². The van der Waals surface area contributed by atoms with Gasteiger partial charge in [0.25, 0.3) is 6.21 Å². The van der Waals surface area contributed by atoms with Crippen molar-refractivity contribution < 1.29 is 0 Å². The van der Waals surface area contributed by atoms with Crippen LogP contribution in [0, 0.1) is 0 Å². The maximum absolute atomic E-state index is 6.75. The minimum atomic E-state index is -2.15. The van der Waals surface area contributed by atoms with Crippen molar-refractivity contribution in [2.24, 2.45) is 0 Å². The number of hydrogen-bond donors (Lipinski definition) is 0. The minimum absolute atomic E-state index is 0.964. The molecule has 0 aliphatic rings. The third kappa shape index (κ3) is 4.05. The van der Waals surface area contributed by atoms with Crippen LogP contribution in [0.15, 0.2) is 0 Å². The molecule has 0 saturated carbocycles. The molecule has 86 valence electrons. The number of halogens is 3. The van der Waals surface area contributed by atoms with E-state index in [0.29, 0.717) is 0 Å². The lowest BCUT2D eigenvalue weighted by Gasteiger charge is -2.33. The van der Waals surface area contributed by atoms with E-state index in [1.807, 2.05) is 0 Å². The maximum atomic E-state index is 6.75. The van der Waals surface area contributed by atoms with Crippen molar-refractivity contribution in [3.63, 3.8) is 0 Å². The van der Waals surface area contributed by atoms with Gasteiger partial charge in [-0.2, -0.15) is 11.1 Å². The molecular weight excluding hydrogens is 271 g/mol. The van der Waals surface area contributed by atoms with Crippen molar-refractivity contribution in [1.29, 1.82) is 0 Å². The Kier molecular flexibility index (Phi) is 7.43. The summed E-state index contributed by atoms with van der Waals surface area (Å²) >= 11 is 19.8. The highest BCUT2D eigenvalue weighted by Crippen LogP contribution is 2.41. The fraction of sp³-hybridized carbons (Fsp3) is 1.00. The standard InChI is InChI=1S/C9H21Cl3Si2/c1-4-7-13(10,8-5-2)14(11,12)9-6-3/h4-9H2,1-3H3. The van der Waals surface area contributed by atoms with E-state index in [2.05, 4.69) is 20.8 Å². The van der Waals surface area contributed by atoms with Crippen LogP contribution in [0.3, 0.4) is 0 Å². The van der Waals surface area contributed by atoms with Crippen molar-refractivity contribution in [3.05, 3.63) is 0 Å². The Balaban J connectivity index is 4.59. The highest BCUT2D eigenvalue weighted by molar-refractivity contribution is 7.83. The zero-order chi connectivity index (χ0) is 11.2. The van der Waals surface area contributed by atoms with Gasteiger partial charge >= 0.3 is 0 Å². The van der Waals surface area contributed by atoms with E-state index in [9.17, 15) is 0 Å². The van der Waals surface area contributed by atoms with E-state index in [1.54, 1.807) is 0 Å². The molecule has 0 rings (SSSR count). The lowest BCUT2D eigenvalue weighted by molar-refractivity contribution is 1.00. The summed E-state index contributed by atoms with van der Waals surface area (Å²) in [4.78, 5) is 0. The largest absolute Gasteiger partial charge is 0.256 e. The van der Waals surface area contributed by atoms with Gasteiger partial charge in [-0.1, -0.05) is 40.0 Å². The van der Waals surface area contributed by atoms with Gasteiger partial charge in [-0.15, -0.1) is 22.2 Å². The molecule has 0 amide bonds.